The quantitative estimate of drug-likeness (QED) is 0.695. The van der Waals surface area contributed by atoms with Gasteiger partial charge in [-0.05, 0) is 36.8 Å². The predicted molar refractivity (Wildman–Crippen MR) is 96.5 cm³/mol. The highest BCUT2D eigenvalue weighted by Gasteiger charge is 2.11. The van der Waals surface area contributed by atoms with Crippen molar-refractivity contribution >= 4 is 35.0 Å². The zero-order valence-electron chi connectivity index (χ0n) is 13.6. The molecule has 0 spiro atoms. The summed E-state index contributed by atoms with van der Waals surface area (Å²) in [6.45, 7) is 0.379. The Morgan fingerprint density at radius 1 is 0.923 bits per heavy atom. The van der Waals surface area contributed by atoms with Crippen molar-refractivity contribution in [1.29, 1.82) is 0 Å². The molecule has 2 amide bonds. The molecule has 0 aliphatic heterocycles. The van der Waals surface area contributed by atoms with E-state index in [9.17, 15) is 18.4 Å². The minimum atomic E-state index is -0.674. The highest BCUT2D eigenvalue weighted by molar-refractivity contribution is 6.42. The van der Waals surface area contributed by atoms with Gasteiger partial charge in [-0.1, -0.05) is 29.3 Å². The van der Waals surface area contributed by atoms with Gasteiger partial charge in [0.15, 0.2) is 0 Å². The van der Waals surface area contributed by atoms with Gasteiger partial charge in [0, 0.05) is 30.6 Å². The molecule has 2 aromatic carbocycles. The molecule has 0 aromatic heterocycles. The van der Waals surface area contributed by atoms with Crippen LogP contribution in [0.2, 0.25) is 10.0 Å². The summed E-state index contributed by atoms with van der Waals surface area (Å²) in [5, 5.41) is 5.81. The second-order valence-electron chi connectivity index (χ2n) is 5.43. The van der Waals surface area contributed by atoms with E-state index in [1.54, 1.807) is 0 Å². The summed E-state index contributed by atoms with van der Waals surface area (Å²) < 4.78 is 26.9. The number of nitrogens with one attached hydrogen (secondary N) is 2. The molecule has 2 rings (SSSR count). The summed E-state index contributed by atoms with van der Waals surface area (Å²) >= 11 is 11.6. The minimum absolute atomic E-state index is 0.0417. The lowest BCUT2D eigenvalue weighted by atomic mass is 10.1. The van der Waals surface area contributed by atoms with E-state index >= 15 is 0 Å². The Kier molecular flexibility index (Phi) is 7.36. The first-order valence-corrected chi connectivity index (χ1v) is 8.57. The molecule has 2 N–H and O–H groups in total. The Labute approximate surface area is 159 Å². The maximum absolute atomic E-state index is 13.5. The molecule has 0 aliphatic rings. The molecule has 0 radical (unpaired) electrons. The average molecular weight is 401 g/mol. The van der Waals surface area contributed by atoms with Crippen LogP contribution in [0.15, 0.2) is 36.4 Å². The van der Waals surface area contributed by atoms with Crippen molar-refractivity contribution in [3.8, 4) is 0 Å². The van der Waals surface area contributed by atoms with Crippen LogP contribution in [0.25, 0.3) is 0 Å². The van der Waals surface area contributed by atoms with Crippen molar-refractivity contribution in [2.45, 2.75) is 12.8 Å². The fourth-order valence-corrected chi connectivity index (χ4v) is 2.51. The van der Waals surface area contributed by atoms with Crippen molar-refractivity contribution in [3.05, 3.63) is 69.2 Å². The minimum Gasteiger partial charge on any atom is -0.354 e. The summed E-state index contributed by atoms with van der Waals surface area (Å²) in [6, 6.07) is 8.06. The van der Waals surface area contributed by atoms with Crippen LogP contribution in [0.3, 0.4) is 0 Å². The molecule has 0 unspecified atom stereocenters. The van der Waals surface area contributed by atoms with Crippen LogP contribution in [0.4, 0.5) is 8.78 Å². The molecular formula is C18H16Cl2F2N2O2. The lowest BCUT2D eigenvalue weighted by Crippen LogP contribution is -2.34. The molecular weight excluding hydrogens is 385 g/mol. The molecule has 0 atom stereocenters. The van der Waals surface area contributed by atoms with E-state index in [-0.39, 0.29) is 48.3 Å². The van der Waals surface area contributed by atoms with Gasteiger partial charge >= 0.3 is 0 Å². The lowest BCUT2D eigenvalue weighted by Gasteiger charge is -2.08. The Hall–Kier alpha value is -2.18. The number of rotatable bonds is 7. The number of carbonyl (C=O) groups is 2. The van der Waals surface area contributed by atoms with Gasteiger partial charge in [-0.2, -0.15) is 0 Å². The van der Waals surface area contributed by atoms with Crippen LogP contribution in [-0.4, -0.2) is 24.9 Å². The van der Waals surface area contributed by atoms with Crippen molar-refractivity contribution in [2.24, 2.45) is 0 Å². The Morgan fingerprint density at radius 2 is 1.58 bits per heavy atom. The highest BCUT2D eigenvalue weighted by atomic mass is 35.5. The third-order valence-corrected chi connectivity index (χ3v) is 4.32. The SMILES string of the molecule is O=C(CCc1c(F)cccc1F)NCCNC(=O)c1ccc(Cl)c(Cl)c1. The van der Waals surface area contributed by atoms with Gasteiger partial charge in [0.2, 0.25) is 5.91 Å². The highest BCUT2D eigenvalue weighted by Crippen LogP contribution is 2.22. The number of carbonyl (C=O) groups excluding carboxylic acids is 2. The van der Waals surface area contributed by atoms with Crippen LogP contribution < -0.4 is 10.6 Å². The number of benzene rings is 2. The van der Waals surface area contributed by atoms with Gasteiger partial charge < -0.3 is 10.6 Å². The molecule has 0 aliphatic carbocycles. The molecule has 0 fully saturated rings. The first kappa shape index (κ1) is 20.1. The van der Waals surface area contributed by atoms with E-state index in [1.165, 1.54) is 24.3 Å². The first-order chi connectivity index (χ1) is 12.4. The molecule has 2 aromatic rings. The third-order valence-electron chi connectivity index (χ3n) is 3.58. The monoisotopic (exact) mass is 400 g/mol. The Morgan fingerprint density at radius 3 is 2.23 bits per heavy atom. The average Bonchev–Trinajstić information content (AvgIpc) is 2.60. The smallest absolute Gasteiger partial charge is 0.251 e. The fraction of sp³-hybridized carbons (Fsp3) is 0.222. The Balaban J connectivity index is 1.71. The van der Waals surface area contributed by atoms with Gasteiger partial charge in [0.25, 0.3) is 5.91 Å². The van der Waals surface area contributed by atoms with Gasteiger partial charge in [-0.3, -0.25) is 9.59 Å². The number of amides is 2. The normalized spacial score (nSPS) is 10.5. The summed E-state index contributed by atoms with van der Waals surface area (Å²) in [5.74, 6) is -2.07. The second kappa shape index (κ2) is 9.50. The van der Waals surface area contributed by atoms with Gasteiger partial charge in [-0.25, -0.2) is 8.78 Å². The second-order valence-corrected chi connectivity index (χ2v) is 6.25. The van der Waals surface area contributed by atoms with Crippen LogP contribution in [0.1, 0.15) is 22.3 Å². The molecule has 0 saturated carbocycles. The van der Waals surface area contributed by atoms with Crippen molar-refractivity contribution in [1.82, 2.24) is 10.6 Å². The van der Waals surface area contributed by atoms with E-state index in [0.29, 0.717) is 10.6 Å². The summed E-state index contributed by atoms with van der Waals surface area (Å²) in [7, 11) is 0. The zero-order chi connectivity index (χ0) is 19.1. The van der Waals surface area contributed by atoms with Crippen LogP contribution in [0, 0.1) is 11.6 Å². The summed E-state index contributed by atoms with van der Waals surface area (Å²) in [4.78, 5) is 23.7. The van der Waals surface area contributed by atoms with E-state index in [0.717, 1.165) is 12.1 Å². The van der Waals surface area contributed by atoms with Crippen molar-refractivity contribution in [3.63, 3.8) is 0 Å². The van der Waals surface area contributed by atoms with Crippen molar-refractivity contribution in [2.75, 3.05) is 13.1 Å². The zero-order valence-corrected chi connectivity index (χ0v) is 15.1. The van der Waals surface area contributed by atoms with Crippen LogP contribution >= 0.6 is 23.2 Å². The largest absolute Gasteiger partial charge is 0.354 e. The van der Waals surface area contributed by atoms with E-state index in [4.69, 9.17) is 23.2 Å². The molecule has 8 heteroatoms. The van der Waals surface area contributed by atoms with Gasteiger partial charge in [0.05, 0.1) is 10.0 Å². The fourth-order valence-electron chi connectivity index (χ4n) is 2.22. The molecule has 0 saturated heterocycles. The third kappa shape index (κ3) is 5.68. The molecule has 0 bridgehead atoms. The van der Waals surface area contributed by atoms with Gasteiger partial charge in [-0.15, -0.1) is 0 Å². The summed E-state index contributed by atoms with van der Waals surface area (Å²) in [6.07, 6.45) is -0.0986. The first-order valence-electron chi connectivity index (χ1n) is 7.81. The maximum Gasteiger partial charge on any atom is 0.251 e. The molecule has 138 valence electrons. The summed E-state index contributed by atoms with van der Waals surface area (Å²) in [5.41, 5.74) is 0.233. The van der Waals surface area contributed by atoms with Crippen LogP contribution in [-0.2, 0) is 11.2 Å². The Bertz CT molecular complexity index is 796. The number of halogens is 4. The molecule has 0 heterocycles. The predicted octanol–water partition coefficient (Wildman–Crippen LogP) is 3.75. The molecule has 4 nitrogen and oxygen atoms in total. The maximum atomic E-state index is 13.5. The van der Waals surface area contributed by atoms with E-state index in [1.807, 2.05) is 0 Å². The molecule has 26 heavy (non-hydrogen) atoms. The van der Waals surface area contributed by atoms with Gasteiger partial charge in [0.1, 0.15) is 11.6 Å². The van der Waals surface area contributed by atoms with Crippen molar-refractivity contribution < 1.29 is 18.4 Å². The van der Waals surface area contributed by atoms with E-state index < -0.39 is 11.6 Å². The topological polar surface area (TPSA) is 58.2 Å². The van der Waals surface area contributed by atoms with Crippen LogP contribution in [0.5, 0.6) is 0 Å². The van der Waals surface area contributed by atoms with E-state index in [2.05, 4.69) is 10.6 Å². The lowest BCUT2D eigenvalue weighted by molar-refractivity contribution is -0.121. The number of hydrogen-bond acceptors (Lipinski definition) is 2. The standard InChI is InChI=1S/C18H16Cl2F2N2O2/c19-13-6-4-11(10-14(13)20)18(26)24-9-8-23-17(25)7-5-12-15(21)2-1-3-16(12)22/h1-4,6,10H,5,7-9H2,(H,23,25)(H,24,26). The number of hydrogen-bond donors (Lipinski definition) is 2.